The molecular formula is C40H53N4O4+. The summed E-state index contributed by atoms with van der Waals surface area (Å²) in [6, 6.07) is 26.9. The van der Waals surface area contributed by atoms with Crippen LogP contribution in [-0.2, 0) is 4.74 Å². The van der Waals surface area contributed by atoms with Crippen molar-refractivity contribution in [1.29, 1.82) is 0 Å². The minimum absolute atomic E-state index is 0.0442. The van der Waals surface area contributed by atoms with Crippen molar-refractivity contribution in [2.24, 2.45) is 0 Å². The Hall–Kier alpha value is -4.01. The number of imide groups is 1. The van der Waals surface area contributed by atoms with E-state index in [9.17, 15) is 14.4 Å². The van der Waals surface area contributed by atoms with Crippen LogP contribution in [0.15, 0.2) is 84.9 Å². The molecule has 256 valence electrons. The topological polar surface area (TPSA) is 79.0 Å². The van der Waals surface area contributed by atoms with Crippen LogP contribution < -0.4 is 5.32 Å². The van der Waals surface area contributed by atoms with E-state index in [0.717, 1.165) is 74.0 Å². The summed E-state index contributed by atoms with van der Waals surface area (Å²) in [5, 5.41) is 3.10. The molecule has 1 N–H and O–H groups in total. The van der Waals surface area contributed by atoms with E-state index in [1.165, 1.54) is 37.0 Å². The maximum atomic E-state index is 12.9. The van der Waals surface area contributed by atoms with Crippen molar-refractivity contribution < 1.29 is 23.6 Å². The van der Waals surface area contributed by atoms with Gasteiger partial charge in [-0.15, -0.1) is 0 Å². The van der Waals surface area contributed by atoms with E-state index in [-0.39, 0.29) is 30.1 Å². The van der Waals surface area contributed by atoms with E-state index in [1.807, 2.05) is 72.8 Å². The molecule has 0 radical (unpaired) electrons. The molecule has 2 aliphatic heterocycles. The maximum absolute atomic E-state index is 12.9. The second kappa shape index (κ2) is 17.4. The van der Waals surface area contributed by atoms with E-state index in [2.05, 4.69) is 24.3 Å². The Bertz CT molecular complexity index is 1400. The third-order valence-electron chi connectivity index (χ3n) is 9.85. The van der Waals surface area contributed by atoms with Crippen molar-refractivity contribution >= 4 is 17.9 Å². The van der Waals surface area contributed by atoms with E-state index in [4.69, 9.17) is 4.74 Å². The number of alkyl carbamates (subject to hydrolysis) is 1. The van der Waals surface area contributed by atoms with Crippen molar-refractivity contribution in [2.45, 2.75) is 69.9 Å². The van der Waals surface area contributed by atoms with Crippen LogP contribution >= 0.6 is 0 Å². The van der Waals surface area contributed by atoms with Gasteiger partial charge in [-0.25, -0.2) is 4.79 Å². The molecule has 0 bridgehead atoms. The molecule has 0 atom stereocenters. The zero-order valence-corrected chi connectivity index (χ0v) is 28.8. The molecule has 0 spiro atoms. The fraction of sp³-hybridized carbons (Fsp3) is 0.475. The van der Waals surface area contributed by atoms with Gasteiger partial charge in [0.1, 0.15) is 6.10 Å². The second-order valence-electron chi connectivity index (χ2n) is 14.0. The van der Waals surface area contributed by atoms with Crippen LogP contribution in [0, 0.1) is 0 Å². The second-order valence-corrected chi connectivity index (χ2v) is 14.0. The first-order chi connectivity index (χ1) is 23.3. The third kappa shape index (κ3) is 10.0. The number of amides is 3. The molecule has 1 fully saturated rings. The summed E-state index contributed by atoms with van der Waals surface area (Å²) < 4.78 is 6.85. The van der Waals surface area contributed by atoms with Gasteiger partial charge in [-0.1, -0.05) is 85.6 Å². The number of carbonyl (C=O) groups excluding carboxylic acids is 3. The van der Waals surface area contributed by atoms with Crippen LogP contribution in [0.5, 0.6) is 0 Å². The summed E-state index contributed by atoms with van der Waals surface area (Å²) >= 11 is 0. The Labute approximate surface area is 286 Å². The number of nitrogens with one attached hydrogen (secondary N) is 1. The average Bonchev–Trinajstić information content (AvgIpc) is 3.35. The van der Waals surface area contributed by atoms with Gasteiger partial charge in [0.05, 0.1) is 44.4 Å². The SMILES string of the molecule is C[N+](C)(CCCCCCCN1CCC(OC(=O)NC(c2ccccc2)c2ccccc2)CC1)CCCCN1C(=O)c2ccccc2C1=O. The molecule has 2 heterocycles. The van der Waals surface area contributed by atoms with Crippen LogP contribution in [0.2, 0.25) is 0 Å². The van der Waals surface area contributed by atoms with E-state index in [0.29, 0.717) is 17.7 Å². The molecular weight excluding hydrogens is 600 g/mol. The van der Waals surface area contributed by atoms with Gasteiger partial charge in [0.25, 0.3) is 11.8 Å². The van der Waals surface area contributed by atoms with Crippen LogP contribution in [0.1, 0.15) is 95.7 Å². The van der Waals surface area contributed by atoms with E-state index in [1.54, 1.807) is 12.1 Å². The highest BCUT2D eigenvalue weighted by atomic mass is 16.6. The molecule has 3 aromatic rings. The van der Waals surface area contributed by atoms with Gasteiger partial charge in [0.15, 0.2) is 0 Å². The molecule has 3 aromatic carbocycles. The monoisotopic (exact) mass is 653 g/mol. The lowest BCUT2D eigenvalue weighted by Crippen LogP contribution is -2.41. The number of unbranched alkanes of at least 4 members (excludes halogenated alkanes) is 5. The zero-order valence-electron chi connectivity index (χ0n) is 28.8. The number of likely N-dealkylation sites (tertiary alicyclic amines) is 1. The standard InChI is InChI=1S/C40H52N4O4/c1-44(2,31-17-15-27-43-38(45)35-22-12-13-23-36(35)39(43)46)30-16-5-3-4-14-26-42-28-24-34(25-29-42)48-40(47)41-37(32-18-8-6-9-19-32)33-20-10-7-11-21-33/h6-13,18-23,34,37H,3-5,14-17,24-31H2,1-2H3/p+1. The minimum atomic E-state index is -0.352. The molecule has 5 rings (SSSR count). The Morgan fingerprint density at radius 3 is 1.77 bits per heavy atom. The van der Waals surface area contributed by atoms with Crippen molar-refractivity contribution in [3.8, 4) is 0 Å². The predicted molar refractivity (Wildman–Crippen MR) is 190 cm³/mol. The number of benzene rings is 3. The van der Waals surface area contributed by atoms with Crippen LogP contribution in [0.3, 0.4) is 0 Å². The van der Waals surface area contributed by atoms with Crippen molar-refractivity contribution in [2.75, 3.05) is 53.4 Å². The number of hydrogen-bond donors (Lipinski definition) is 1. The van der Waals surface area contributed by atoms with E-state index < -0.39 is 0 Å². The molecule has 0 saturated carbocycles. The number of nitrogens with zero attached hydrogens (tertiary/aromatic N) is 3. The summed E-state index contributed by atoms with van der Waals surface area (Å²) in [5.41, 5.74) is 3.14. The Morgan fingerprint density at radius 1 is 0.708 bits per heavy atom. The molecule has 0 aromatic heterocycles. The number of piperidine rings is 1. The Morgan fingerprint density at radius 2 is 1.19 bits per heavy atom. The molecule has 48 heavy (non-hydrogen) atoms. The van der Waals surface area contributed by atoms with Gasteiger partial charge in [-0.05, 0) is 74.8 Å². The quantitative estimate of drug-likeness (QED) is 0.0958. The lowest BCUT2D eigenvalue weighted by Gasteiger charge is -2.32. The number of rotatable bonds is 17. The Balaban J connectivity index is 0.893. The number of quaternary nitrogens is 1. The van der Waals surface area contributed by atoms with Gasteiger partial charge in [0, 0.05) is 19.6 Å². The molecule has 1 saturated heterocycles. The molecule has 2 aliphatic rings. The van der Waals surface area contributed by atoms with Gasteiger partial charge in [-0.2, -0.15) is 0 Å². The van der Waals surface area contributed by atoms with Gasteiger partial charge < -0.3 is 19.4 Å². The Kier molecular flexibility index (Phi) is 12.8. The fourth-order valence-electron chi connectivity index (χ4n) is 6.97. The van der Waals surface area contributed by atoms with Gasteiger partial charge in [0.2, 0.25) is 0 Å². The van der Waals surface area contributed by atoms with Crippen molar-refractivity contribution in [3.05, 3.63) is 107 Å². The number of fused-ring (bicyclic) bond motifs is 1. The van der Waals surface area contributed by atoms with Crippen molar-refractivity contribution in [1.82, 2.24) is 15.1 Å². The van der Waals surface area contributed by atoms with Gasteiger partial charge >= 0.3 is 6.09 Å². The molecule has 0 unspecified atom stereocenters. The molecule has 3 amide bonds. The normalized spacial score (nSPS) is 15.6. The average molecular weight is 654 g/mol. The minimum Gasteiger partial charge on any atom is -0.446 e. The number of hydrogen-bond acceptors (Lipinski definition) is 5. The van der Waals surface area contributed by atoms with Crippen molar-refractivity contribution in [3.63, 3.8) is 0 Å². The molecule has 0 aliphatic carbocycles. The van der Waals surface area contributed by atoms with Crippen LogP contribution in [-0.4, -0.2) is 91.7 Å². The summed E-state index contributed by atoms with van der Waals surface area (Å²) in [5.74, 6) is -0.307. The number of ether oxygens (including phenoxy) is 1. The third-order valence-corrected chi connectivity index (χ3v) is 9.85. The first-order valence-electron chi connectivity index (χ1n) is 17.9. The summed E-state index contributed by atoms with van der Waals surface area (Å²) in [7, 11) is 4.56. The highest BCUT2D eigenvalue weighted by Gasteiger charge is 2.34. The highest BCUT2D eigenvalue weighted by Crippen LogP contribution is 2.24. The lowest BCUT2D eigenvalue weighted by atomic mass is 9.99. The fourth-order valence-corrected chi connectivity index (χ4v) is 6.97. The molecule has 8 nitrogen and oxygen atoms in total. The predicted octanol–water partition coefficient (Wildman–Crippen LogP) is 7.07. The lowest BCUT2D eigenvalue weighted by molar-refractivity contribution is -0.890. The van der Waals surface area contributed by atoms with Gasteiger partial charge in [-0.3, -0.25) is 14.5 Å². The first-order valence-corrected chi connectivity index (χ1v) is 17.9. The summed E-state index contributed by atoms with van der Waals surface area (Å²) in [6.45, 7) is 5.74. The molecule has 8 heteroatoms. The first kappa shape index (κ1) is 35.3. The van der Waals surface area contributed by atoms with Crippen LogP contribution in [0.25, 0.3) is 0 Å². The number of carbonyl (C=O) groups is 3. The van der Waals surface area contributed by atoms with E-state index >= 15 is 0 Å². The highest BCUT2D eigenvalue weighted by molar-refractivity contribution is 6.21. The zero-order chi connectivity index (χ0) is 33.8. The maximum Gasteiger partial charge on any atom is 0.408 e. The summed E-state index contributed by atoms with van der Waals surface area (Å²) in [6.07, 6.45) is 9.35. The largest absolute Gasteiger partial charge is 0.446 e. The summed E-state index contributed by atoms with van der Waals surface area (Å²) in [4.78, 5) is 42.0. The van der Waals surface area contributed by atoms with Crippen LogP contribution in [0.4, 0.5) is 4.79 Å². The smallest absolute Gasteiger partial charge is 0.408 e.